The van der Waals surface area contributed by atoms with Crippen molar-refractivity contribution in [3.63, 3.8) is 0 Å². The van der Waals surface area contributed by atoms with Crippen molar-refractivity contribution in [2.45, 2.75) is 31.2 Å². The Bertz CT molecular complexity index is 1490. The van der Waals surface area contributed by atoms with Crippen molar-refractivity contribution in [3.8, 4) is 11.5 Å². The molecule has 0 radical (unpaired) electrons. The molecule has 0 bridgehead atoms. The summed E-state index contributed by atoms with van der Waals surface area (Å²) in [4.78, 5) is 18.4. The summed E-state index contributed by atoms with van der Waals surface area (Å²) in [5, 5.41) is 0.621. The van der Waals surface area contributed by atoms with Crippen molar-refractivity contribution in [1.82, 2.24) is 13.9 Å². The average Bonchev–Trinajstić information content (AvgIpc) is 3.21. The van der Waals surface area contributed by atoms with Crippen LogP contribution in [0.5, 0.6) is 11.5 Å². The van der Waals surface area contributed by atoms with Crippen molar-refractivity contribution in [2.24, 2.45) is 0 Å². The summed E-state index contributed by atoms with van der Waals surface area (Å²) in [6.07, 6.45) is 3.60. The van der Waals surface area contributed by atoms with Crippen LogP contribution in [0.4, 0.5) is 0 Å². The van der Waals surface area contributed by atoms with E-state index >= 15 is 0 Å². The molecule has 0 spiro atoms. The lowest BCUT2D eigenvalue weighted by Crippen LogP contribution is -2.38. The highest BCUT2D eigenvalue weighted by Crippen LogP contribution is 2.34. The fourth-order valence-electron chi connectivity index (χ4n) is 4.02. The topological polar surface area (TPSA) is 90.7 Å². The summed E-state index contributed by atoms with van der Waals surface area (Å²) < 4.78 is 38.9. The predicted molar refractivity (Wildman–Crippen MR) is 138 cm³/mol. The second-order valence-corrected chi connectivity index (χ2v) is 10.7. The summed E-state index contributed by atoms with van der Waals surface area (Å²) >= 11 is 0. The number of hydrogen-bond acceptors (Lipinski definition) is 7. The van der Waals surface area contributed by atoms with Gasteiger partial charge in [-0.3, -0.25) is 9.69 Å². The molecular formula is C27H29N3O5S. The number of esters is 1. The number of aromatic nitrogens is 2. The highest BCUT2D eigenvalue weighted by Gasteiger charge is 2.24. The number of rotatable bonds is 8. The number of ether oxygens (including phenoxy) is 2. The lowest BCUT2D eigenvalue weighted by molar-refractivity contribution is -0.145. The number of hydrogen-bond donors (Lipinski definition) is 0. The van der Waals surface area contributed by atoms with Crippen molar-refractivity contribution in [1.29, 1.82) is 0 Å². The molecular weight excluding hydrogens is 478 g/mol. The summed E-state index contributed by atoms with van der Waals surface area (Å²) in [7, 11) is 1.22. The molecule has 36 heavy (non-hydrogen) atoms. The molecule has 4 rings (SSSR count). The van der Waals surface area contributed by atoms with Crippen LogP contribution in [-0.2, 0) is 26.0 Å². The van der Waals surface area contributed by atoms with E-state index in [9.17, 15) is 13.2 Å². The number of likely N-dealkylation sites (N-methyl/N-ethyl adjacent to an activating group) is 1. The second-order valence-electron chi connectivity index (χ2n) is 8.89. The molecule has 4 aromatic rings. The largest absolute Gasteiger partial charge is 0.468 e. The molecule has 0 amide bonds. The monoisotopic (exact) mass is 507 g/mol. The van der Waals surface area contributed by atoms with Gasteiger partial charge in [-0.1, -0.05) is 29.8 Å². The Hall–Kier alpha value is -3.69. The maximum Gasteiger partial charge on any atom is 0.323 e. The number of methoxy groups -OCH3 is 1. The van der Waals surface area contributed by atoms with Gasteiger partial charge in [0.2, 0.25) is 0 Å². The fraction of sp³-hybridized carbons (Fsp3) is 0.259. The maximum absolute atomic E-state index is 13.3. The van der Waals surface area contributed by atoms with Gasteiger partial charge in [-0.05, 0) is 75.8 Å². The number of benzene rings is 2. The van der Waals surface area contributed by atoms with Gasteiger partial charge >= 0.3 is 5.97 Å². The van der Waals surface area contributed by atoms with Gasteiger partial charge in [-0.15, -0.1) is 0 Å². The Morgan fingerprint density at radius 1 is 1.03 bits per heavy atom. The number of fused-ring (bicyclic) bond motifs is 1. The molecule has 0 saturated carbocycles. The third-order valence-electron chi connectivity index (χ3n) is 6.06. The van der Waals surface area contributed by atoms with E-state index < -0.39 is 10.0 Å². The molecule has 2 aromatic carbocycles. The molecule has 0 N–H and O–H groups in total. The van der Waals surface area contributed by atoms with Crippen LogP contribution >= 0.6 is 0 Å². The van der Waals surface area contributed by atoms with E-state index in [0.29, 0.717) is 29.0 Å². The van der Waals surface area contributed by atoms with Crippen LogP contribution in [-0.4, -0.2) is 55.5 Å². The van der Waals surface area contributed by atoms with Crippen molar-refractivity contribution >= 4 is 27.0 Å². The summed E-state index contributed by atoms with van der Waals surface area (Å²) in [5.74, 6) is 0.795. The van der Waals surface area contributed by atoms with Crippen molar-refractivity contribution < 1.29 is 22.7 Å². The van der Waals surface area contributed by atoms with E-state index in [2.05, 4.69) is 4.98 Å². The molecule has 0 saturated heterocycles. The summed E-state index contributed by atoms with van der Waals surface area (Å²) in [6.45, 7) is 3.73. The minimum atomic E-state index is -3.83. The minimum Gasteiger partial charge on any atom is -0.468 e. The maximum atomic E-state index is 13.3. The van der Waals surface area contributed by atoms with Gasteiger partial charge in [0.05, 0.1) is 17.4 Å². The first-order valence-corrected chi connectivity index (χ1v) is 12.9. The third-order valence-corrected chi connectivity index (χ3v) is 7.73. The smallest absolute Gasteiger partial charge is 0.323 e. The first-order valence-electron chi connectivity index (χ1n) is 11.4. The van der Waals surface area contributed by atoms with Crippen LogP contribution in [0.3, 0.4) is 0 Å². The molecule has 0 aliphatic carbocycles. The van der Waals surface area contributed by atoms with E-state index in [0.717, 1.165) is 16.7 Å². The second kappa shape index (κ2) is 10.1. The highest BCUT2D eigenvalue weighted by atomic mass is 32.2. The van der Waals surface area contributed by atoms with Crippen LogP contribution in [0.2, 0.25) is 0 Å². The van der Waals surface area contributed by atoms with Gasteiger partial charge in [0.25, 0.3) is 10.0 Å². The molecule has 9 heteroatoms. The number of carbonyl (C=O) groups is 1. The zero-order valence-electron chi connectivity index (χ0n) is 20.9. The Balaban J connectivity index is 1.63. The molecule has 0 aliphatic rings. The Labute approximate surface area is 211 Å². The van der Waals surface area contributed by atoms with Gasteiger partial charge in [0, 0.05) is 12.4 Å². The molecule has 0 unspecified atom stereocenters. The zero-order chi connectivity index (χ0) is 26.0. The Morgan fingerprint density at radius 2 is 1.69 bits per heavy atom. The molecule has 2 aromatic heterocycles. The van der Waals surface area contributed by atoms with E-state index in [-0.39, 0.29) is 16.9 Å². The van der Waals surface area contributed by atoms with Gasteiger partial charge in [0.15, 0.2) is 5.65 Å². The fourth-order valence-corrected chi connectivity index (χ4v) is 5.39. The van der Waals surface area contributed by atoms with Gasteiger partial charge in [0.1, 0.15) is 17.5 Å². The Morgan fingerprint density at radius 3 is 2.31 bits per heavy atom. The quantitative estimate of drug-likeness (QED) is 0.328. The SMILES string of the molecule is COC(=O)[C@H](Cc1ccc(Oc2ccnc3c2c(C)cn3S(=O)(=O)c2ccc(C)cc2)cc1)N(C)C. The molecule has 0 fully saturated rings. The third kappa shape index (κ3) is 4.98. The van der Waals surface area contributed by atoms with Gasteiger partial charge in [-0.2, -0.15) is 0 Å². The molecule has 1 atom stereocenters. The van der Waals surface area contributed by atoms with Crippen LogP contribution < -0.4 is 4.74 Å². The zero-order valence-corrected chi connectivity index (χ0v) is 21.7. The predicted octanol–water partition coefficient (Wildman–Crippen LogP) is 4.33. The van der Waals surface area contributed by atoms with Gasteiger partial charge < -0.3 is 9.47 Å². The van der Waals surface area contributed by atoms with Gasteiger partial charge in [-0.25, -0.2) is 17.4 Å². The molecule has 188 valence electrons. The molecule has 2 heterocycles. The van der Waals surface area contributed by atoms with Crippen molar-refractivity contribution in [2.75, 3.05) is 21.2 Å². The van der Waals surface area contributed by atoms with E-state index in [4.69, 9.17) is 9.47 Å². The summed E-state index contributed by atoms with van der Waals surface area (Å²) in [6, 6.07) is 15.5. The van der Waals surface area contributed by atoms with E-state index in [1.54, 1.807) is 36.5 Å². The van der Waals surface area contributed by atoms with E-state index in [1.807, 2.05) is 57.1 Å². The first-order chi connectivity index (χ1) is 17.1. The van der Waals surface area contributed by atoms with Crippen LogP contribution in [0.25, 0.3) is 11.0 Å². The summed E-state index contributed by atoms with van der Waals surface area (Å²) in [5.41, 5.74) is 2.96. The van der Waals surface area contributed by atoms with E-state index in [1.165, 1.54) is 17.3 Å². The number of pyridine rings is 1. The number of carbonyl (C=O) groups excluding carboxylic acids is 1. The lowest BCUT2D eigenvalue weighted by atomic mass is 10.1. The molecule has 0 aliphatic heterocycles. The molecule has 8 nitrogen and oxygen atoms in total. The van der Waals surface area contributed by atoms with Crippen molar-refractivity contribution in [3.05, 3.63) is 83.7 Å². The standard InChI is InChI=1S/C27H29N3O5S/c1-18-6-12-22(13-7-18)36(32,33)30-17-19(2)25-24(14-15-28-26(25)30)35-21-10-8-20(9-11-21)16-23(29(3)4)27(31)34-5/h6-15,17,23H,16H2,1-5H3/t23-/m0/s1. The lowest BCUT2D eigenvalue weighted by Gasteiger charge is -2.21. The van der Waals surface area contributed by atoms with Crippen LogP contribution in [0.15, 0.2) is 71.9 Å². The average molecular weight is 508 g/mol. The van der Waals surface area contributed by atoms with Crippen LogP contribution in [0, 0.1) is 13.8 Å². The first kappa shape index (κ1) is 25.4. The number of aryl methyl sites for hydroxylation is 2. The normalized spacial score (nSPS) is 12.6. The highest BCUT2D eigenvalue weighted by molar-refractivity contribution is 7.90. The van der Waals surface area contributed by atoms with Crippen LogP contribution in [0.1, 0.15) is 16.7 Å². The number of nitrogens with zero attached hydrogens (tertiary/aromatic N) is 3. The minimum absolute atomic E-state index is 0.191. The Kier molecular flexibility index (Phi) is 7.14.